The Hall–Kier alpha value is -0.980. The van der Waals surface area contributed by atoms with E-state index in [-0.39, 0.29) is 18.2 Å². The summed E-state index contributed by atoms with van der Waals surface area (Å²) < 4.78 is 7.25. The molecule has 1 aliphatic heterocycles. The summed E-state index contributed by atoms with van der Waals surface area (Å²) in [6.07, 6.45) is 5.32. The standard InChI is InChI=1S/C14H26N4O2/c1-10(2)5-6-11(19)8-18-9-12(16-17-18)14(15)13-4-3-7-20-13/h9-11,13-14,19H,3-8,15H2,1-2H3. The molecule has 1 aliphatic rings. The minimum atomic E-state index is -0.383. The van der Waals surface area contributed by atoms with Crippen molar-refractivity contribution in [2.24, 2.45) is 11.7 Å². The Morgan fingerprint density at radius 1 is 1.50 bits per heavy atom. The summed E-state index contributed by atoms with van der Waals surface area (Å²) in [5, 5.41) is 18.1. The minimum absolute atomic E-state index is 0.0472. The van der Waals surface area contributed by atoms with Crippen LogP contribution in [-0.2, 0) is 11.3 Å². The highest BCUT2D eigenvalue weighted by molar-refractivity contribution is 5.03. The van der Waals surface area contributed by atoms with E-state index in [0.717, 1.165) is 38.0 Å². The average Bonchev–Trinajstić information content (AvgIpc) is 3.06. The zero-order valence-corrected chi connectivity index (χ0v) is 12.4. The summed E-state index contributed by atoms with van der Waals surface area (Å²) in [7, 11) is 0. The van der Waals surface area contributed by atoms with Crippen molar-refractivity contribution in [3.8, 4) is 0 Å². The minimum Gasteiger partial charge on any atom is -0.391 e. The summed E-state index contributed by atoms with van der Waals surface area (Å²) in [5.74, 6) is 0.601. The normalized spacial score (nSPS) is 22.4. The van der Waals surface area contributed by atoms with Gasteiger partial charge in [-0.25, -0.2) is 4.68 Å². The molecule has 6 nitrogen and oxygen atoms in total. The van der Waals surface area contributed by atoms with Gasteiger partial charge in [0.2, 0.25) is 0 Å². The van der Waals surface area contributed by atoms with Crippen molar-refractivity contribution in [1.82, 2.24) is 15.0 Å². The Balaban J connectivity index is 1.85. The number of ether oxygens (including phenoxy) is 1. The van der Waals surface area contributed by atoms with Gasteiger partial charge in [0, 0.05) is 6.61 Å². The third-order valence-electron chi connectivity index (χ3n) is 3.74. The fourth-order valence-corrected chi connectivity index (χ4v) is 2.46. The van der Waals surface area contributed by atoms with E-state index in [1.165, 1.54) is 0 Å². The Morgan fingerprint density at radius 3 is 2.95 bits per heavy atom. The molecule has 114 valence electrons. The predicted molar refractivity (Wildman–Crippen MR) is 76.0 cm³/mol. The number of hydrogen-bond acceptors (Lipinski definition) is 5. The molecule has 3 unspecified atom stereocenters. The summed E-state index contributed by atoms with van der Waals surface area (Å²) in [4.78, 5) is 0. The molecule has 0 spiro atoms. The molecule has 0 bridgehead atoms. The molecule has 6 heteroatoms. The molecule has 1 saturated heterocycles. The second kappa shape index (κ2) is 7.15. The number of aliphatic hydroxyl groups excluding tert-OH is 1. The van der Waals surface area contributed by atoms with Crippen LogP contribution in [0.5, 0.6) is 0 Å². The van der Waals surface area contributed by atoms with Crippen molar-refractivity contribution < 1.29 is 9.84 Å². The number of nitrogens with two attached hydrogens (primary N) is 1. The first-order valence-corrected chi connectivity index (χ1v) is 7.51. The molecular weight excluding hydrogens is 256 g/mol. The monoisotopic (exact) mass is 282 g/mol. The average molecular weight is 282 g/mol. The molecule has 2 rings (SSSR count). The van der Waals surface area contributed by atoms with Crippen LogP contribution in [-0.4, -0.2) is 38.9 Å². The van der Waals surface area contributed by atoms with E-state index in [9.17, 15) is 5.11 Å². The van der Waals surface area contributed by atoms with Crippen LogP contribution >= 0.6 is 0 Å². The van der Waals surface area contributed by atoms with Gasteiger partial charge in [-0.15, -0.1) is 5.10 Å². The van der Waals surface area contributed by atoms with Crippen molar-refractivity contribution in [2.45, 2.75) is 64.3 Å². The van der Waals surface area contributed by atoms with Crippen molar-refractivity contribution in [3.63, 3.8) is 0 Å². The topological polar surface area (TPSA) is 86.2 Å². The van der Waals surface area contributed by atoms with Gasteiger partial charge in [-0.2, -0.15) is 0 Å². The van der Waals surface area contributed by atoms with Crippen molar-refractivity contribution in [1.29, 1.82) is 0 Å². The Bertz CT molecular complexity index is 402. The number of aliphatic hydroxyl groups is 1. The van der Waals surface area contributed by atoms with Gasteiger partial charge >= 0.3 is 0 Å². The van der Waals surface area contributed by atoms with Crippen LogP contribution in [0.3, 0.4) is 0 Å². The van der Waals surface area contributed by atoms with Gasteiger partial charge in [-0.1, -0.05) is 19.1 Å². The smallest absolute Gasteiger partial charge is 0.102 e. The van der Waals surface area contributed by atoms with Crippen molar-refractivity contribution in [3.05, 3.63) is 11.9 Å². The molecule has 0 aromatic carbocycles. The second-order valence-corrected chi connectivity index (χ2v) is 6.07. The van der Waals surface area contributed by atoms with E-state index in [2.05, 4.69) is 24.2 Å². The van der Waals surface area contributed by atoms with Crippen LogP contribution in [0.4, 0.5) is 0 Å². The first-order valence-electron chi connectivity index (χ1n) is 7.51. The lowest BCUT2D eigenvalue weighted by atomic mass is 10.1. The maximum absolute atomic E-state index is 9.97. The number of hydrogen-bond donors (Lipinski definition) is 2. The van der Waals surface area contributed by atoms with Crippen molar-refractivity contribution in [2.75, 3.05) is 6.61 Å². The molecule has 2 heterocycles. The van der Waals surface area contributed by atoms with Gasteiger partial charge in [-0.05, 0) is 31.6 Å². The highest BCUT2D eigenvalue weighted by Crippen LogP contribution is 2.23. The molecule has 0 aliphatic carbocycles. The Kier molecular flexibility index (Phi) is 5.51. The van der Waals surface area contributed by atoms with E-state index in [1.54, 1.807) is 4.68 Å². The highest BCUT2D eigenvalue weighted by Gasteiger charge is 2.26. The molecular formula is C14H26N4O2. The van der Waals surface area contributed by atoms with Crippen LogP contribution in [0.15, 0.2) is 6.20 Å². The molecule has 0 radical (unpaired) electrons. The molecule has 0 saturated carbocycles. The summed E-state index contributed by atoms with van der Waals surface area (Å²) >= 11 is 0. The van der Waals surface area contributed by atoms with E-state index < -0.39 is 0 Å². The first kappa shape index (κ1) is 15.4. The molecule has 3 N–H and O–H groups in total. The second-order valence-electron chi connectivity index (χ2n) is 6.07. The van der Waals surface area contributed by atoms with Crippen LogP contribution in [0.25, 0.3) is 0 Å². The molecule has 1 fully saturated rings. The summed E-state index contributed by atoms with van der Waals surface area (Å²) in [6, 6.07) is -0.223. The molecule has 0 amide bonds. The lowest BCUT2D eigenvalue weighted by Gasteiger charge is -2.15. The van der Waals surface area contributed by atoms with E-state index in [4.69, 9.17) is 10.5 Å². The van der Waals surface area contributed by atoms with Gasteiger partial charge in [-0.3, -0.25) is 0 Å². The fraction of sp³-hybridized carbons (Fsp3) is 0.857. The van der Waals surface area contributed by atoms with Gasteiger partial charge in [0.1, 0.15) is 5.69 Å². The molecule has 1 aromatic rings. The van der Waals surface area contributed by atoms with Gasteiger partial charge in [0.05, 0.1) is 31.0 Å². The van der Waals surface area contributed by atoms with Gasteiger partial charge < -0.3 is 15.6 Å². The van der Waals surface area contributed by atoms with Gasteiger partial charge in [0.15, 0.2) is 0 Å². The summed E-state index contributed by atoms with van der Waals surface area (Å²) in [6.45, 7) is 5.56. The summed E-state index contributed by atoms with van der Waals surface area (Å²) in [5.41, 5.74) is 6.88. The Morgan fingerprint density at radius 2 is 2.30 bits per heavy atom. The number of aromatic nitrogens is 3. The van der Waals surface area contributed by atoms with Crippen LogP contribution in [0.2, 0.25) is 0 Å². The van der Waals surface area contributed by atoms with Crippen LogP contribution in [0.1, 0.15) is 51.3 Å². The maximum atomic E-state index is 9.97. The van der Waals surface area contributed by atoms with E-state index in [0.29, 0.717) is 12.5 Å². The predicted octanol–water partition coefficient (Wildman–Crippen LogP) is 1.25. The van der Waals surface area contributed by atoms with Crippen LogP contribution in [0, 0.1) is 5.92 Å². The van der Waals surface area contributed by atoms with E-state index >= 15 is 0 Å². The largest absolute Gasteiger partial charge is 0.391 e. The molecule has 1 aromatic heterocycles. The van der Waals surface area contributed by atoms with E-state index in [1.807, 2.05) is 6.20 Å². The number of nitrogens with zero attached hydrogens (tertiary/aromatic N) is 3. The molecule has 3 atom stereocenters. The quantitative estimate of drug-likeness (QED) is 0.786. The Labute approximate surface area is 120 Å². The lowest BCUT2D eigenvalue weighted by molar-refractivity contribution is 0.0889. The third-order valence-corrected chi connectivity index (χ3v) is 3.74. The zero-order valence-electron chi connectivity index (χ0n) is 12.4. The first-order chi connectivity index (χ1) is 9.56. The lowest BCUT2D eigenvalue weighted by Crippen LogP contribution is -2.25. The van der Waals surface area contributed by atoms with Crippen molar-refractivity contribution >= 4 is 0 Å². The SMILES string of the molecule is CC(C)CCC(O)Cn1cc(C(N)C2CCCO2)nn1. The van der Waals surface area contributed by atoms with Crippen LogP contribution < -0.4 is 5.73 Å². The maximum Gasteiger partial charge on any atom is 0.102 e. The molecule has 20 heavy (non-hydrogen) atoms. The zero-order chi connectivity index (χ0) is 14.5. The van der Waals surface area contributed by atoms with Gasteiger partial charge in [0.25, 0.3) is 0 Å². The fourth-order valence-electron chi connectivity index (χ4n) is 2.46. The third kappa shape index (κ3) is 4.26. The number of rotatable bonds is 7. The highest BCUT2D eigenvalue weighted by atomic mass is 16.5.